The van der Waals surface area contributed by atoms with E-state index in [-0.39, 0.29) is 23.5 Å². The number of ketones is 1. The molecule has 7 nitrogen and oxygen atoms in total. The van der Waals surface area contributed by atoms with Crippen LogP contribution in [0.25, 0.3) is 5.76 Å². The molecule has 1 amide bonds. The molecule has 196 valence electrons. The maximum absolute atomic E-state index is 13.4. The Kier molecular flexibility index (Phi) is 8.26. The average Bonchev–Trinajstić information content (AvgIpc) is 3.20. The first kappa shape index (κ1) is 26.7. The summed E-state index contributed by atoms with van der Waals surface area (Å²) in [6.07, 6.45) is 0.678. The molecule has 7 heteroatoms. The Balaban J connectivity index is 1.81. The number of hydrogen-bond donors (Lipinski definition) is 1. The third-order valence-electron chi connectivity index (χ3n) is 6.05. The van der Waals surface area contributed by atoms with E-state index < -0.39 is 23.7 Å². The lowest BCUT2D eigenvalue weighted by molar-refractivity contribution is -0.132. The maximum atomic E-state index is 13.4. The summed E-state index contributed by atoms with van der Waals surface area (Å²) in [6, 6.07) is 21.3. The van der Waals surface area contributed by atoms with Crippen LogP contribution < -0.4 is 9.64 Å². The molecular weight excluding hydrogens is 482 g/mol. The molecule has 0 aliphatic carbocycles. The van der Waals surface area contributed by atoms with Gasteiger partial charge >= 0.3 is 5.97 Å². The normalized spacial score (nSPS) is 16.6. The number of esters is 1. The van der Waals surface area contributed by atoms with Crippen LogP contribution in [0.2, 0.25) is 0 Å². The number of amides is 1. The number of ether oxygens (including phenoxy) is 2. The molecule has 4 rings (SSSR count). The minimum atomic E-state index is -0.904. The van der Waals surface area contributed by atoms with E-state index in [1.807, 2.05) is 26.8 Å². The van der Waals surface area contributed by atoms with Crippen molar-refractivity contribution in [3.63, 3.8) is 0 Å². The second-order valence-electron chi connectivity index (χ2n) is 9.50. The molecule has 1 fully saturated rings. The van der Waals surface area contributed by atoms with Crippen molar-refractivity contribution in [1.82, 2.24) is 0 Å². The summed E-state index contributed by atoms with van der Waals surface area (Å²) in [5, 5.41) is 11.4. The topological polar surface area (TPSA) is 93.1 Å². The fourth-order valence-corrected chi connectivity index (χ4v) is 4.26. The van der Waals surface area contributed by atoms with E-state index in [1.54, 1.807) is 66.7 Å². The number of hydrogen-bond acceptors (Lipinski definition) is 6. The van der Waals surface area contributed by atoms with Crippen molar-refractivity contribution >= 4 is 29.1 Å². The van der Waals surface area contributed by atoms with Gasteiger partial charge in [0.2, 0.25) is 0 Å². The molecule has 0 spiro atoms. The highest BCUT2D eigenvalue weighted by Gasteiger charge is 2.47. The van der Waals surface area contributed by atoms with Gasteiger partial charge in [0.05, 0.1) is 30.4 Å². The summed E-state index contributed by atoms with van der Waals surface area (Å²) in [7, 11) is 0. The van der Waals surface area contributed by atoms with Gasteiger partial charge in [-0.25, -0.2) is 4.79 Å². The number of rotatable bonds is 9. The van der Waals surface area contributed by atoms with Crippen LogP contribution in [-0.2, 0) is 14.3 Å². The van der Waals surface area contributed by atoms with Crippen LogP contribution >= 0.6 is 0 Å². The number of carbonyl (C=O) groups excluding carboxylic acids is 3. The lowest BCUT2D eigenvalue weighted by Gasteiger charge is -2.25. The third kappa shape index (κ3) is 5.62. The summed E-state index contributed by atoms with van der Waals surface area (Å²) in [5.74, 6) is -1.57. The standard InChI is InChI=1S/C31H31NO6/c1-4-16-37-31(36)23-13-8-14-24(17-23)32-27(21-10-6-5-7-11-21)26(29(34)30(32)35)28(33)22-12-9-15-25(18-22)38-19-20(2)3/h5-15,17-18,20,27,33H,4,16,19H2,1-3H3/b28-26+. The predicted molar refractivity (Wildman–Crippen MR) is 145 cm³/mol. The van der Waals surface area contributed by atoms with E-state index in [9.17, 15) is 19.5 Å². The van der Waals surface area contributed by atoms with E-state index in [4.69, 9.17) is 9.47 Å². The van der Waals surface area contributed by atoms with Crippen molar-refractivity contribution in [3.05, 3.63) is 101 Å². The van der Waals surface area contributed by atoms with Crippen molar-refractivity contribution in [3.8, 4) is 5.75 Å². The van der Waals surface area contributed by atoms with Crippen molar-refractivity contribution in [2.45, 2.75) is 33.2 Å². The molecule has 3 aromatic carbocycles. The van der Waals surface area contributed by atoms with Crippen molar-refractivity contribution < 1.29 is 29.0 Å². The van der Waals surface area contributed by atoms with Gasteiger partial charge in [-0.1, -0.05) is 69.3 Å². The second-order valence-corrected chi connectivity index (χ2v) is 9.50. The van der Waals surface area contributed by atoms with E-state index in [2.05, 4.69) is 0 Å². The molecular formula is C31H31NO6. The average molecular weight is 514 g/mol. The number of carbonyl (C=O) groups is 3. The zero-order valence-electron chi connectivity index (χ0n) is 21.7. The maximum Gasteiger partial charge on any atom is 0.338 e. The highest BCUT2D eigenvalue weighted by molar-refractivity contribution is 6.51. The van der Waals surface area contributed by atoms with Crippen molar-refractivity contribution in [1.29, 1.82) is 0 Å². The predicted octanol–water partition coefficient (Wildman–Crippen LogP) is 5.91. The minimum Gasteiger partial charge on any atom is -0.507 e. The van der Waals surface area contributed by atoms with Crippen LogP contribution in [-0.4, -0.2) is 36.0 Å². The quantitative estimate of drug-likeness (QED) is 0.165. The molecule has 3 aromatic rings. The molecule has 38 heavy (non-hydrogen) atoms. The fourth-order valence-electron chi connectivity index (χ4n) is 4.26. The Morgan fingerprint density at radius 2 is 1.66 bits per heavy atom. The monoisotopic (exact) mass is 513 g/mol. The van der Waals surface area contributed by atoms with Crippen LogP contribution in [0.5, 0.6) is 5.75 Å². The van der Waals surface area contributed by atoms with Gasteiger partial charge in [0.25, 0.3) is 11.7 Å². The molecule has 0 saturated carbocycles. The van der Waals surface area contributed by atoms with Gasteiger partial charge in [-0.2, -0.15) is 0 Å². The van der Waals surface area contributed by atoms with Crippen LogP contribution in [0.15, 0.2) is 84.4 Å². The van der Waals surface area contributed by atoms with Crippen LogP contribution in [0.4, 0.5) is 5.69 Å². The van der Waals surface area contributed by atoms with Gasteiger partial charge in [-0.15, -0.1) is 0 Å². The molecule has 0 aromatic heterocycles. The number of nitrogens with zero attached hydrogens (tertiary/aromatic N) is 1. The first-order chi connectivity index (χ1) is 18.3. The molecule has 0 bridgehead atoms. The number of aliphatic hydroxyl groups is 1. The minimum absolute atomic E-state index is 0.0406. The zero-order valence-corrected chi connectivity index (χ0v) is 21.7. The first-order valence-corrected chi connectivity index (χ1v) is 12.7. The SMILES string of the molecule is CCCOC(=O)c1cccc(N2C(=O)C(=O)/C(=C(/O)c3cccc(OCC(C)C)c3)C2c2ccccc2)c1. The molecule has 1 N–H and O–H groups in total. The van der Waals surface area contributed by atoms with Gasteiger partial charge in [0.15, 0.2) is 0 Å². The smallest absolute Gasteiger partial charge is 0.338 e. The summed E-state index contributed by atoms with van der Waals surface area (Å²) >= 11 is 0. The Hall–Kier alpha value is -4.39. The van der Waals surface area contributed by atoms with Crippen LogP contribution in [0.1, 0.15) is 54.7 Å². The van der Waals surface area contributed by atoms with Gasteiger partial charge in [0.1, 0.15) is 11.5 Å². The molecule has 1 atom stereocenters. The second kappa shape index (κ2) is 11.8. The van der Waals surface area contributed by atoms with Gasteiger partial charge in [-0.3, -0.25) is 14.5 Å². The van der Waals surface area contributed by atoms with E-state index >= 15 is 0 Å². The molecule has 1 aliphatic heterocycles. The van der Waals surface area contributed by atoms with Crippen molar-refractivity contribution in [2.75, 3.05) is 18.1 Å². The lowest BCUT2D eigenvalue weighted by Crippen LogP contribution is -2.29. The molecule has 1 saturated heterocycles. The zero-order chi connectivity index (χ0) is 27.2. The lowest BCUT2D eigenvalue weighted by atomic mass is 9.95. The van der Waals surface area contributed by atoms with E-state index in [0.29, 0.717) is 41.5 Å². The van der Waals surface area contributed by atoms with Crippen molar-refractivity contribution in [2.24, 2.45) is 5.92 Å². The number of Topliss-reactive ketones (excluding diaryl/α,β-unsaturated/α-hetero) is 1. The fraction of sp³-hybridized carbons (Fsp3) is 0.258. The Morgan fingerprint density at radius 3 is 2.37 bits per heavy atom. The van der Waals surface area contributed by atoms with Gasteiger partial charge < -0.3 is 14.6 Å². The number of anilines is 1. The van der Waals surface area contributed by atoms with Gasteiger partial charge in [-0.05, 0) is 48.2 Å². The molecule has 1 unspecified atom stereocenters. The summed E-state index contributed by atoms with van der Waals surface area (Å²) < 4.78 is 11.0. The van der Waals surface area contributed by atoms with Crippen LogP contribution in [0.3, 0.4) is 0 Å². The van der Waals surface area contributed by atoms with Gasteiger partial charge in [0, 0.05) is 11.3 Å². The Labute approximate surface area is 222 Å². The molecule has 1 aliphatic rings. The summed E-state index contributed by atoms with van der Waals surface area (Å²) in [6.45, 7) is 6.73. The number of aliphatic hydroxyl groups excluding tert-OH is 1. The first-order valence-electron chi connectivity index (χ1n) is 12.7. The third-order valence-corrected chi connectivity index (χ3v) is 6.05. The highest BCUT2D eigenvalue weighted by Crippen LogP contribution is 2.42. The highest BCUT2D eigenvalue weighted by atomic mass is 16.5. The number of benzene rings is 3. The molecule has 1 heterocycles. The molecule has 0 radical (unpaired) electrons. The van der Waals surface area contributed by atoms with E-state index in [1.165, 1.54) is 11.0 Å². The summed E-state index contributed by atoms with van der Waals surface area (Å²) in [4.78, 5) is 40.7. The van der Waals surface area contributed by atoms with E-state index in [0.717, 1.165) is 0 Å². The van der Waals surface area contributed by atoms with Crippen LogP contribution in [0, 0.1) is 5.92 Å². The largest absolute Gasteiger partial charge is 0.507 e. The summed E-state index contributed by atoms with van der Waals surface area (Å²) in [5.41, 5.74) is 1.57. The Bertz CT molecular complexity index is 1360. The Morgan fingerprint density at radius 1 is 0.947 bits per heavy atom.